The minimum atomic E-state index is -4.16. The average molecular weight is 500 g/mol. The predicted molar refractivity (Wildman–Crippen MR) is 112 cm³/mol. The number of nitrogens with zero attached hydrogens (tertiary/aromatic N) is 2. The molecular weight excluding hydrogens is 472 g/mol. The third kappa shape index (κ3) is 9.50. The quantitative estimate of drug-likeness (QED) is 0.343. The highest BCUT2D eigenvalue weighted by molar-refractivity contribution is 14.0. The van der Waals surface area contributed by atoms with Crippen LogP contribution in [0.1, 0.15) is 20.3 Å². The van der Waals surface area contributed by atoms with Crippen LogP contribution in [0.25, 0.3) is 0 Å². The van der Waals surface area contributed by atoms with E-state index in [1.54, 1.807) is 0 Å². The lowest BCUT2D eigenvalue weighted by Crippen LogP contribution is -2.45. The molecule has 2 rings (SSSR count). The Kier molecular flexibility index (Phi) is 10.2. The molecule has 1 saturated heterocycles. The number of aliphatic imine (C=N–C) groups is 1. The number of hydrogen-bond acceptors (Lipinski definition) is 3. The number of hydrogen-bond donors (Lipinski definition) is 2. The molecule has 1 aliphatic heterocycles. The Balaban J connectivity index is 0.00000364. The molecule has 0 bridgehead atoms. The predicted octanol–water partition coefficient (Wildman–Crippen LogP) is 3.26. The van der Waals surface area contributed by atoms with Gasteiger partial charge in [-0.2, -0.15) is 13.2 Å². The number of ether oxygens (including phenoxy) is 1. The van der Waals surface area contributed by atoms with Crippen LogP contribution >= 0.6 is 24.0 Å². The van der Waals surface area contributed by atoms with E-state index in [1.807, 2.05) is 44.2 Å². The molecule has 27 heavy (non-hydrogen) atoms. The van der Waals surface area contributed by atoms with Gasteiger partial charge in [0.15, 0.2) is 5.96 Å². The van der Waals surface area contributed by atoms with Gasteiger partial charge in [-0.3, -0.25) is 4.90 Å². The first-order chi connectivity index (χ1) is 12.4. The van der Waals surface area contributed by atoms with E-state index in [-0.39, 0.29) is 36.1 Å². The van der Waals surface area contributed by atoms with Crippen molar-refractivity contribution < 1.29 is 17.9 Å². The molecule has 1 aromatic rings. The number of para-hydroxylation sites is 1. The summed E-state index contributed by atoms with van der Waals surface area (Å²) in [5.41, 5.74) is 0. The van der Waals surface area contributed by atoms with E-state index >= 15 is 0 Å². The summed E-state index contributed by atoms with van der Waals surface area (Å²) in [6, 6.07) is 9.47. The Morgan fingerprint density at radius 2 is 2.04 bits per heavy atom. The molecular formula is C18H28F3IN4O. The molecule has 0 saturated carbocycles. The van der Waals surface area contributed by atoms with Crippen molar-refractivity contribution in [2.45, 2.75) is 38.6 Å². The topological polar surface area (TPSA) is 48.9 Å². The van der Waals surface area contributed by atoms with Crippen LogP contribution in [0.4, 0.5) is 13.2 Å². The van der Waals surface area contributed by atoms with E-state index in [9.17, 15) is 13.2 Å². The van der Waals surface area contributed by atoms with Crippen LogP contribution in [-0.4, -0.2) is 61.9 Å². The van der Waals surface area contributed by atoms with E-state index in [1.165, 1.54) is 4.90 Å². The first-order valence-electron chi connectivity index (χ1n) is 8.91. The van der Waals surface area contributed by atoms with Gasteiger partial charge >= 0.3 is 6.18 Å². The van der Waals surface area contributed by atoms with Crippen molar-refractivity contribution in [3.63, 3.8) is 0 Å². The van der Waals surface area contributed by atoms with Crippen LogP contribution < -0.4 is 15.4 Å². The first kappa shape index (κ1) is 23.8. The van der Waals surface area contributed by atoms with Gasteiger partial charge in [-0.25, -0.2) is 4.99 Å². The van der Waals surface area contributed by atoms with Crippen LogP contribution in [0.15, 0.2) is 35.3 Å². The fourth-order valence-electron chi connectivity index (χ4n) is 2.85. The van der Waals surface area contributed by atoms with E-state index in [4.69, 9.17) is 4.74 Å². The number of likely N-dealkylation sites (tertiary alicyclic amines) is 1. The number of nitrogens with one attached hydrogen (secondary N) is 2. The van der Waals surface area contributed by atoms with Gasteiger partial charge in [0.1, 0.15) is 11.9 Å². The van der Waals surface area contributed by atoms with Crippen LogP contribution in [0.3, 0.4) is 0 Å². The van der Waals surface area contributed by atoms with Crippen molar-refractivity contribution in [2.75, 3.05) is 32.7 Å². The fourth-order valence-corrected chi connectivity index (χ4v) is 2.85. The first-order valence-corrected chi connectivity index (χ1v) is 8.91. The lowest BCUT2D eigenvalue weighted by atomic mass is 10.3. The van der Waals surface area contributed by atoms with Gasteiger partial charge in [0.2, 0.25) is 0 Å². The number of rotatable bonds is 7. The van der Waals surface area contributed by atoms with Crippen molar-refractivity contribution in [3.8, 4) is 5.75 Å². The summed E-state index contributed by atoms with van der Waals surface area (Å²) in [5.74, 6) is 1.39. The summed E-state index contributed by atoms with van der Waals surface area (Å²) in [6.45, 7) is 4.94. The van der Waals surface area contributed by atoms with E-state index in [2.05, 4.69) is 15.6 Å². The highest BCUT2D eigenvalue weighted by atomic mass is 127. The van der Waals surface area contributed by atoms with Crippen LogP contribution in [0.5, 0.6) is 5.75 Å². The minimum Gasteiger partial charge on any atom is -0.489 e. The SMILES string of the molecule is CCNC(=NCC(C)Oc1ccccc1)NC1CCN(CC(F)(F)F)C1.I. The molecule has 2 atom stereocenters. The van der Waals surface area contributed by atoms with Gasteiger partial charge in [-0.15, -0.1) is 24.0 Å². The van der Waals surface area contributed by atoms with Gasteiger partial charge < -0.3 is 15.4 Å². The second kappa shape index (κ2) is 11.6. The molecule has 154 valence electrons. The minimum absolute atomic E-state index is 0. The Hall–Kier alpha value is -1.23. The maximum atomic E-state index is 12.5. The summed E-state index contributed by atoms with van der Waals surface area (Å²) in [4.78, 5) is 5.92. The summed E-state index contributed by atoms with van der Waals surface area (Å²) >= 11 is 0. The van der Waals surface area contributed by atoms with Crippen LogP contribution in [-0.2, 0) is 0 Å². The highest BCUT2D eigenvalue weighted by Gasteiger charge is 2.34. The van der Waals surface area contributed by atoms with Gasteiger partial charge in [0, 0.05) is 25.7 Å². The summed E-state index contributed by atoms with van der Waals surface area (Å²) < 4.78 is 43.3. The maximum Gasteiger partial charge on any atom is 0.401 e. The summed E-state index contributed by atoms with van der Waals surface area (Å²) in [5, 5.41) is 6.36. The Morgan fingerprint density at radius 3 is 2.67 bits per heavy atom. The molecule has 0 aromatic heterocycles. The molecule has 0 radical (unpaired) electrons. The smallest absolute Gasteiger partial charge is 0.401 e. The zero-order valence-corrected chi connectivity index (χ0v) is 18.0. The normalized spacial score (nSPS) is 19.3. The van der Waals surface area contributed by atoms with Crippen molar-refractivity contribution in [1.29, 1.82) is 0 Å². The van der Waals surface area contributed by atoms with Gasteiger partial charge in [0.25, 0.3) is 0 Å². The highest BCUT2D eigenvalue weighted by Crippen LogP contribution is 2.20. The molecule has 5 nitrogen and oxygen atoms in total. The lowest BCUT2D eigenvalue weighted by molar-refractivity contribution is -0.143. The molecule has 2 unspecified atom stereocenters. The van der Waals surface area contributed by atoms with E-state index in [0.717, 1.165) is 5.75 Å². The maximum absolute atomic E-state index is 12.5. The molecule has 2 N–H and O–H groups in total. The summed E-state index contributed by atoms with van der Waals surface area (Å²) in [6.07, 6.45) is -3.60. The Labute approximate surface area is 175 Å². The number of alkyl halides is 3. The zero-order valence-electron chi connectivity index (χ0n) is 15.6. The van der Waals surface area contributed by atoms with Crippen molar-refractivity contribution in [3.05, 3.63) is 30.3 Å². The third-order valence-electron chi connectivity index (χ3n) is 3.95. The third-order valence-corrected chi connectivity index (χ3v) is 3.95. The second-order valence-corrected chi connectivity index (χ2v) is 6.44. The number of halogens is 4. The molecule has 0 spiro atoms. The summed E-state index contributed by atoms with van der Waals surface area (Å²) in [7, 11) is 0. The fraction of sp³-hybridized carbons (Fsp3) is 0.611. The second-order valence-electron chi connectivity index (χ2n) is 6.44. The number of benzene rings is 1. The number of guanidine groups is 1. The Morgan fingerprint density at radius 1 is 1.33 bits per heavy atom. The molecule has 1 heterocycles. The van der Waals surface area contributed by atoms with Crippen molar-refractivity contribution in [1.82, 2.24) is 15.5 Å². The molecule has 0 aliphatic carbocycles. The van der Waals surface area contributed by atoms with Crippen LogP contribution in [0.2, 0.25) is 0 Å². The molecule has 1 aromatic carbocycles. The van der Waals surface area contributed by atoms with Gasteiger partial charge in [-0.05, 0) is 32.4 Å². The van der Waals surface area contributed by atoms with Gasteiger partial charge in [-0.1, -0.05) is 18.2 Å². The molecule has 1 aliphatic rings. The Bertz CT molecular complexity index is 571. The zero-order chi connectivity index (χ0) is 19.0. The molecule has 1 fully saturated rings. The van der Waals surface area contributed by atoms with E-state index < -0.39 is 12.7 Å². The molecule has 0 amide bonds. The monoisotopic (exact) mass is 500 g/mol. The van der Waals surface area contributed by atoms with Crippen molar-refractivity contribution in [2.24, 2.45) is 4.99 Å². The van der Waals surface area contributed by atoms with Crippen LogP contribution in [0, 0.1) is 0 Å². The molecule has 9 heteroatoms. The largest absolute Gasteiger partial charge is 0.489 e. The van der Waals surface area contributed by atoms with Gasteiger partial charge in [0.05, 0.1) is 13.1 Å². The van der Waals surface area contributed by atoms with Crippen molar-refractivity contribution >= 4 is 29.9 Å². The lowest BCUT2D eigenvalue weighted by Gasteiger charge is -2.20. The van der Waals surface area contributed by atoms with E-state index in [0.29, 0.717) is 38.6 Å². The average Bonchev–Trinajstić information content (AvgIpc) is 2.99. The standard InChI is InChI=1S/C18H27F3N4O.HI/c1-3-22-17(23-11-14(2)26-16-7-5-4-6-8-16)24-15-9-10-25(12-15)13-18(19,20)21;/h4-8,14-15H,3,9-13H2,1-2H3,(H2,22,23,24);1H.